The van der Waals surface area contributed by atoms with Gasteiger partial charge in [0.25, 0.3) is 0 Å². The number of hydrogen-bond acceptors (Lipinski definition) is 6. The Bertz CT molecular complexity index is 592. The van der Waals surface area contributed by atoms with Gasteiger partial charge in [0, 0.05) is 0 Å². The molecule has 1 atom stereocenters. The van der Waals surface area contributed by atoms with E-state index in [0.717, 1.165) is 28.9 Å². The van der Waals surface area contributed by atoms with E-state index in [2.05, 4.69) is 18.0 Å². The quantitative estimate of drug-likeness (QED) is 0.0391. The maximum atomic E-state index is 10.3. The zero-order valence-corrected chi connectivity index (χ0v) is 31.1. The molecule has 0 aliphatic carbocycles. The SMILES string of the molecule is CCCCCCCCCCCCOS(=O)(=O)[O-].CCCCCCCCCCCC[CH]([Na])CCCCC(=O)[O-].[Ca+2]. The summed E-state index contributed by atoms with van der Waals surface area (Å²) in [5.41, 5.74) is 0. The first kappa shape index (κ1) is 45.0. The molecule has 6 nitrogen and oxygen atoms in total. The van der Waals surface area contributed by atoms with Gasteiger partial charge in [-0.2, -0.15) is 0 Å². The Morgan fingerprint density at radius 1 is 0.641 bits per heavy atom. The van der Waals surface area contributed by atoms with Gasteiger partial charge in [0.1, 0.15) is 0 Å². The minimum atomic E-state index is -4.48. The average Bonchev–Trinajstić information content (AvgIpc) is 2.86. The van der Waals surface area contributed by atoms with E-state index in [1.807, 2.05) is 0 Å². The van der Waals surface area contributed by atoms with E-state index in [-0.39, 0.29) is 50.8 Å². The zero-order valence-electron chi connectivity index (χ0n) is 26.0. The van der Waals surface area contributed by atoms with Crippen molar-refractivity contribution in [3.05, 3.63) is 0 Å². The molecule has 9 heteroatoms. The van der Waals surface area contributed by atoms with Crippen LogP contribution in [-0.2, 0) is 19.4 Å². The number of unbranched alkanes of at least 4 members (excludes halogenated alkanes) is 19. The van der Waals surface area contributed by atoms with Crippen LogP contribution in [0.25, 0.3) is 0 Å². The topological polar surface area (TPSA) is 107 Å². The Morgan fingerprint density at radius 2 is 0.974 bits per heavy atom. The van der Waals surface area contributed by atoms with E-state index < -0.39 is 16.4 Å². The molecule has 0 aromatic carbocycles. The number of carbonyl (C=O) groups excluding carboxylic acids is 1. The third kappa shape index (κ3) is 46.8. The normalized spacial score (nSPS) is 11.9. The second-order valence-electron chi connectivity index (χ2n) is 11.1. The van der Waals surface area contributed by atoms with Gasteiger partial charge in [-0.25, -0.2) is 8.42 Å². The fraction of sp³-hybridized carbons (Fsp3) is 0.967. The molecule has 0 heterocycles. The van der Waals surface area contributed by atoms with E-state index in [9.17, 15) is 22.9 Å². The van der Waals surface area contributed by atoms with Crippen LogP contribution in [0, 0.1) is 0 Å². The summed E-state index contributed by atoms with van der Waals surface area (Å²) >= 11 is 1.26. The zero-order chi connectivity index (χ0) is 28.7. The van der Waals surface area contributed by atoms with Gasteiger partial charge >= 0.3 is 181 Å². The first-order valence-corrected chi connectivity index (χ1v) is 18.5. The average molecular weight is 611 g/mol. The van der Waals surface area contributed by atoms with Crippen molar-refractivity contribution in [2.24, 2.45) is 0 Å². The number of carboxylic acids is 1. The molecule has 0 N–H and O–H groups in total. The van der Waals surface area contributed by atoms with Gasteiger partial charge in [0.2, 0.25) is 10.4 Å². The van der Waals surface area contributed by atoms with Crippen LogP contribution < -0.4 is 5.11 Å². The van der Waals surface area contributed by atoms with E-state index in [1.165, 1.54) is 150 Å². The fourth-order valence-corrected chi connectivity index (χ4v) is 5.78. The van der Waals surface area contributed by atoms with Gasteiger partial charge in [-0.3, -0.25) is 4.18 Å². The molecular weight excluding hydrogens is 551 g/mol. The first-order valence-electron chi connectivity index (χ1n) is 16.0. The molecule has 0 aliphatic heterocycles. The van der Waals surface area contributed by atoms with Crippen molar-refractivity contribution >= 4 is 82.0 Å². The summed E-state index contributed by atoms with van der Waals surface area (Å²) in [6.07, 6.45) is 30.5. The Hall–Kier alpha value is 1.60. The van der Waals surface area contributed by atoms with Gasteiger partial charge in [0.05, 0.1) is 6.61 Å². The van der Waals surface area contributed by atoms with Crippen molar-refractivity contribution in [2.45, 2.75) is 178 Å². The molecule has 0 aromatic rings. The van der Waals surface area contributed by atoms with Gasteiger partial charge in [0.15, 0.2) is 0 Å². The van der Waals surface area contributed by atoms with Gasteiger partial charge in [-0.15, -0.1) is 0 Å². The number of aliphatic carboxylic acids is 1. The van der Waals surface area contributed by atoms with Crippen molar-refractivity contribution in [2.75, 3.05) is 6.61 Å². The second kappa shape index (κ2) is 35.8. The van der Waals surface area contributed by atoms with E-state index in [4.69, 9.17) is 0 Å². The Labute approximate surface area is 290 Å². The molecule has 0 bridgehead atoms. The molecule has 0 spiro atoms. The molecule has 0 rings (SSSR count). The summed E-state index contributed by atoms with van der Waals surface area (Å²) in [6, 6.07) is 0. The van der Waals surface area contributed by atoms with Crippen LogP contribution >= 0.6 is 0 Å². The molecule has 0 saturated heterocycles. The van der Waals surface area contributed by atoms with E-state index >= 15 is 0 Å². The second-order valence-corrected chi connectivity index (χ2v) is 13.8. The third-order valence-electron chi connectivity index (χ3n) is 7.10. The summed E-state index contributed by atoms with van der Waals surface area (Å²) < 4.78 is 35.3. The largest absolute Gasteiger partial charge is 2.00 e. The predicted octanol–water partition coefficient (Wildman–Crippen LogP) is 7.57. The minimum Gasteiger partial charge on any atom is 2.00 e. The molecule has 0 radical (unpaired) electrons. The smallest absolute Gasteiger partial charge is 2.00 e. The van der Waals surface area contributed by atoms with Gasteiger partial charge in [-0.1, -0.05) is 71.6 Å². The Morgan fingerprint density at radius 3 is 1.33 bits per heavy atom. The predicted molar refractivity (Wildman–Crippen MR) is 163 cm³/mol. The van der Waals surface area contributed by atoms with Crippen molar-refractivity contribution < 1.29 is 27.1 Å². The fourth-order valence-electron chi connectivity index (χ4n) is 4.64. The summed E-state index contributed by atoms with van der Waals surface area (Å²) in [4.78, 5) is 10.3. The number of carbonyl (C=O) groups is 1. The van der Waals surface area contributed by atoms with Gasteiger partial charge < -0.3 is 4.55 Å². The van der Waals surface area contributed by atoms with Crippen LogP contribution in [0.2, 0.25) is 3.17 Å². The maximum Gasteiger partial charge on any atom is 2.00 e. The standard InChI is InChI=1S/C18H35O2.C12H26O4S.Ca.Na/c1-2-3-4-5-6-7-8-9-10-11-12-13-14-15-16-17-18(19)20;1-2-3-4-5-6-7-8-9-10-11-12-16-17(13,14)15;;/h13H,2-12,14-17H2,1H3,(H,19,20);2-12H2,1H3,(H,13,14,15);;/q;;+2;/p-2. The first-order chi connectivity index (χ1) is 18.2. The van der Waals surface area contributed by atoms with Crippen LogP contribution in [0.1, 0.15) is 174 Å². The van der Waals surface area contributed by atoms with Crippen LogP contribution in [0.5, 0.6) is 0 Å². The summed E-state index contributed by atoms with van der Waals surface area (Å²) in [6.45, 7) is 4.51. The third-order valence-corrected chi connectivity index (χ3v) is 8.71. The molecule has 0 saturated carbocycles. The molecule has 39 heavy (non-hydrogen) atoms. The molecule has 1 unspecified atom stereocenters. The van der Waals surface area contributed by atoms with Crippen molar-refractivity contribution in [1.82, 2.24) is 0 Å². The monoisotopic (exact) mass is 610 g/mol. The minimum absolute atomic E-state index is 0. The number of rotatable bonds is 28. The van der Waals surface area contributed by atoms with Gasteiger partial charge in [-0.05, 0) is 6.42 Å². The molecular formula is C30H59CaNaO6S. The van der Waals surface area contributed by atoms with Crippen molar-refractivity contribution in [1.29, 1.82) is 0 Å². The van der Waals surface area contributed by atoms with Crippen LogP contribution in [0.4, 0.5) is 0 Å². The molecule has 0 fully saturated rings. The van der Waals surface area contributed by atoms with E-state index in [1.54, 1.807) is 0 Å². The number of hydrogen-bond donors (Lipinski definition) is 0. The van der Waals surface area contributed by atoms with Crippen molar-refractivity contribution in [3.63, 3.8) is 0 Å². The van der Waals surface area contributed by atoms with Crippen LogP contribution in [0.15, 0.2) is 0 Å². The molecule has 0 amide bonds. The van der Waals surface area contributed by atoms with Crippen molar-refractivity contribution in [3.8, 4) is 0 Å². The Kier molecular flexibility index (Phi) is 41.3. The molecule has 0 aliphatic rings. The summed E-state index contributed by atoms with van der Waals surface area (Å²) in [5, 5.41) is 10.3. The van der Waals surface area contributed by atoms with E-state index in [0.29, 0.717) is 6.42 Å². The van der Waals surface area contributed by atoms with Crippen LogP contribution in [0.3, 0.4) is 0 Å². The molecule has 224 valence electrons. The van der Waals surface area contributed by atoms with Crippen LogP contribution in [-0.4, -0.2) is 91.2 Å². The maximum absolute atomic E-state index is 10.3. The Balaban J connectivity index is -0.000000662. The summed E-state index contributed by atoms with van der Waals surface area (Å²) in [7, 11) is -4.48. The summed E-state index contributed by atoms with van der Waals surface area (Å²) in [5.74, 6) is -0.894. The molecule has 0 aromatic heterocycles. The number of carboxylic acid groups (broad SMARTS) is 1.